The summed E-state index contributed by atoms with van der Waals surface area (Å²) in [5.41, 5.74) is 2.38. The van der Waals surface area contributed by atoms with Crippen LogP contribution >= 0.6 is 0 Å². The molecular formula is C17H19N3O2. The molecule has 1 aliphatic heterocycles. The van der Waals surface area contributed by atoms with Crippen LogP contribution in [0.1, 0.15) is 37.0 Å². The van der Waals surface area contributed by atoms with Crippen molar-refractivity contribution in [3.05, 3.63) is 34.9 Å². The van der Waals surface area contributed by atoms with Crippen LogP contribution in [0.15, 0.2) is 18.2 Å². The maximum absolute atomic E-state index is 12.7. The number of amides is 3. The van der Waals surface area contributed by atoms with Crippen molar-refractivity contribution in [3.8, 4) is 6.07 Å². The van der Waals surface area contributed by atoms with Crippen LogP contribution in [0.2, 0.25) is 0 Å². The predicted molar refractivity (Wildman–Crippen MR) is 80.8 cm³/mol. The molecule has 1 fully saturated rings. The summed E-state index contributed by atoms with van der Waals surface area (Å²) in [6.45, 7) is 3.56. The molecule has 1 aromatic carbocycles. The van der Waals surface area contributed by atoms with Gasteiger partial charge in [0.05, 0.1) is 12.0 Å². The minimum absolute atomic E-state index is 0.127. The number of carbonyl (C=O) groups is 2. The number of imide groups is 1. The third kappa shape index (κ3) is 2.16. The quantitative estimate of drug-likeness (QED) is 0.868. The lowest BCUT2D eigenvalue weighted by atomic mass is 9.89. The molecule has 22 heavy (non-hydrogen) atoms. The highest BCUT2D eigenvalue weighted by molar-refractivity contribution is 6.07. The predicted octanol–water partition coefficient (Wildman–Crippen LogP) is 2.10. The highest BCUT2D eigenvalue weighted by Gasteiger charge is 2.49. The molecule has 5 nitrogen and oxygen atoms in total. The molecule has 0 unspecified atom stereocenters. The number of aryl methyl sites for hydroxylation is 2. The van der Waals surface area contributed by atoms with Gasteiger partial charge in [0.2, 0.25) is 0 Å². The first-order valence-corrected chi connectivity index (χ1v) is 7.61. The minimum atomic E-state index is -1.04. The van der Waals surface area contributed by atoms with Crippen molar-refractivity contribution in [2.75, 3.05) is 6.54 Å². The van der Waals surface area contributed by atoms with Gasteiger partial charge in [0, 0.05) is 6.54 Å². The van der Waals surface area contributed by atoms with E-state index in [9.17, 15) is 9.59 Å². The molecule has 0 radical (unpaired) electrons. The van der Waals surface area contributed by atoms with E-state index in [-0.39, 0.29) is 18.4 Å². The fraction of sp³-hybridized carbons (Fsp3) is 0.471. The Labute approximate surface area is 129 Å². The Hall–Kier alpha value is -2.35. The van der Waals surface area contributed by atoms with Crippen molar-refractivity contribution >= 4 is 11.9 Å². The first-order chi connectivity index (χ1) is 10.5. The summed E-state index contributed by atoms with van der Waals surface area (Å²) in [4.78, 5) is 26.0. The largest absolute Gasteiger partial charge is 0.325 e. The Balaban J connectivity index is 1.92. The van der Waals surface area contributed by atoms with Crippen molar-refractivity contribution in [2.24, 2.45) is 5.92 Å². The average Bonchev–Trinajstić information content (AvgIpc) is 3.05. The highest BCUT2D eigenvalue weighted by atomic mass is 16.2. The van der Waals surface area contributed by atoms with E-state index in [1.165, 1.54) is 11.1 Å². The number of benzene rings is 1. The number of fused-ring (bicyclic) bond motifs is 1. The highest BCUT2D eigenvalue weighted by Crippen LogP contribution is 2.32. The van der Waals surface area contributed by atoms with Crippen LogP contribution in [-0.2, 0) is 23.2 Å². The maximum atomic E-state index is 12.7. The van der Waals surface area contributed by atoms with E-state index in [0.29, 0.717) is 0 Å². The van der Waals surface area contributed by atoms with E-state index in [1.807, 2.05) is 12.1 Å². The normalized spacial score (nSPS) is 24.9. The lowest BCUT2D eigenvalue weighted by Gasteiger charge is -2.23. The van der Waals surface area contributed by atoms with Gasteiger partial charge in [-0.2, -0.15) is 5.26 Å². The molecule has 2 atom stereocenters. The van der Waals surface area contributed by atoms with Crippen LogP contribution < -0.4 is 5.32 Å². The molecule has 1 aliphatic carbocycles. The van der Waals surface area contributed by atoms with Crippen molar-refractivity contribution in [1.29, 1.82) is 5.26 Å². The van der Waals surface area contributed by atoms with Crippen LogP contribution in [0.4, 0.5) is 4.79 Å². The topological polar surface area (TPSA) is 73.2 Å². The van der Waals surface area contributed by atoms with E-state index >= 15 is 0 Å². The number of urea groups is 1. The Bertz CT molecular complexity index is 692. The first-order valence-electron chi connectivity index (χ1n) is 7.61. The smallest absolute Gasteiger partial charge is 0.319 e. The van der Waals surface area contributed by atoms with Crippen LogP contribution in [0.5, 0.6) is 0 Å². The van der Waals surface area contributed by atoms with Gasteiger partial charge in [0.25, 0.3) is 5.91 Å². The average molecular weight is 297 g/mol. The molecular weight excluding hydrogens is 278 g/mol. The summed E-state index contributed by atoms with van der Waals surface area (Å²) in [5, 5.41) is 11.7. The molecule has 1 aromatic rings. The number of nitrogens with zero attached hydrogens (tertiary/aromatic N) is 2. The molecule has 0 bridgehead atoms. The van der Waals surface area contributed by atoms with Gasteiger partial charge in [-0.3, -0.25) is 9.69 Å². The van der Waals surface area contributed by atoms with Crippen LogP contribution in [0, 0.1) is 17.2 Å². The summed E-state index contributed by atoms with van der Waals surface area (Å²) in [6, 6.07) is 7.67. The number of hydrogen-bond acceptors (Lipinski definition) is 3. The van der Waals surface area contributed by atoms with Gasteiger partial charge < -0.3 is 5.32 Å². The van der Waals surface area contributed by atoms with Crippen molar-refractivity contribution in [2.45, 2.75) is 38.6 Å². The molecule has 2 aliphatic rings. The van der Waals surface area contributed by atoms with E-state index in [1.54, 1.807) is 13.8 Å². The van der Waals surface area contributed by atoms with E-state index in [2.05, 4.69) is 17.5 Å². The summed E-state index contributed by atoms with van der Waals surface area (Å²) < 4.78 is 0. The molecule has 3 amide bonds. The van der Waals surface area contributed by atoms with Gasteiger partial charge in [-0.1, -0.05) is 18.2 Å². The zero-order chi connectivity index (χ0) is 15.9. The van der Waals surface area contributed by atoms with E-state index in [0.717, 1.165) is 29.7 Å². The fourth-order valence-corrected chi connectivity index (χ4v) is 3.26. The van der Waals surface area contributed by atoms with Gasteiger partial charge in [-0.25, -0.2) is 4.79 Å². The number of nitrogens with one attached hydrogen (secondary N) is 1. The first kappa shape index (κ1) is 14.6. The third-order valence-corrected chi connectivity index (χ3v) is 4.63. The Morgan fingerprint density at radius 3 is 2.82 bits per heavy atom. The number of carbonyl (C=O) groups excluding carboxylic acids is 2. The molecule has 3 rings (SSSR count). The molecule has 0 aromatic heterocycles. The lowest BCUT2D eigenvalue weighted by molar-refractivity contribution is -0.131. The zero-order valence-corrected chi connectivity index (χ0v) is 12.8. The van der Waals surface area contributed by atoms with Gasteiger partial charge in [0.15, 0.2) is 0 Å². The monoisotopic (exact) mass is 297 g/mol. The van der Waals surface area contributed by atoms with Crippen LogP contribution in [-0.4, -0.2) is 23.4 Å². The Kier molecular flexibility index (Phi) is 3.40. The van der Waals surface area contributed by atoms with Gasteiger partial charge >= 0.3 is 6.03 Å². The summed E-state index contributed by atoms with van der Waals surface area (Å²) in [7, 11) is 0. The molecule has 0 saturated carbocycles. The Morgan fingerprint density at radius 2 is 2.09 bits per heavy atom. The maximum Gasteiger partial charge on any atom is 0.325 e. The standard InChI is InChI=1S/C17H19N3O2/c1-11(9-18)10-20-15(21)17(2,19-16(20)22)14-7-6-12-4-3-5-13(12)8-14/h6-8,11H,3-5,10H2,1-2H3,(H,19,22)/t11-,17-/m1/s1. The second kappa shape index (κ2) is 5.13. The number of rotatable bonds is 3. The van der Waals surface area contributed by atoms with Crippen molar-refractivity contribution in [3.63, 3.8) is 0 Å². The van der Waals surface area contributed by atoms with Crippen LogP contribution in [0.25, 0.3) is 0 Å². The SMILES string of the molecule is C[C@H](C#N)CN1C(=O)N[C@](C)(c2ccc3c(c2)CCC3)C1=O. The third-order valence-electron chi connectivity index (χ3n) is 4.63. The Morgan fingerprint density at radius 1 is 1.36 bits per heavy atom. The van der Waals surface area contributed by atoms with E-state index < -0.39 is 11.6 Å². The van der Waals surface area contributed by atoms with Crippen LogP contribution in [0.3, 0.4) is 0 Å². The minimum Gasteiger partial charge on any atom is -0.319 e. The molecule has 114 valence electrons. The molecule has 5 heteroatoms. The molecule has 1 heterocycles. The second-order valence-corrected chi connectivity index (χ2v) is 6.34. The summed E-state index contributed by atoms with van der Waals surface area (Å²) >= 11 is 0. The van der Waals surface area contributed by atoms with Crippen molar-refractivity contribution in [1.82, 2.24) is 10.2 Å². The van der Waals surface area contributed by atoms with Gasteiger partial charge in [0.1, 0.15) is 5.54 Å². The summed E-state index contributed by atoms with van der Waals surface area (Å²) in [6.07, 6.45) is 3.25. The van der Waals surface area contributed by atoms with Crippen molar-refractivity contribution < 1.29 is 9.59 Å². The lowest BCUT2D eigenvalue weighted by Crippen LogP contribution is -2.41. The van der Waals surface area contributed by atoms with E-state index in [4.69, 9.17) is 5.26 Å². The fourth-order valence-electron chi connectivity index (χ4n) is 3.26. The zero-order valence-electron chi connectivity index (χ0n) is 12.8. The molecule has 1 N–H and O–H groups in total. The van der Waals surface area contributed by atoms with Gasteiger partial charge in [-0.05, 0) is 49.8 Å². The second-order valence-electron chi connectivity index (χ2n) is 6.34. The van der Waals surface area contributed by atoms with Gasteiger partial charge in [-0.15, -0.1) is 0 Å². The summed E-state index contributed by atoms with van der Waals surface area (Å²) in [5.74, 6) is -0.658. The number of nitriles is 1. The number of hydrogen-bond donors (Lipinski definition) is 1. The molecule has 0 spiro atoms. The molecule has 1 saturated heterocycles.